The molecule has 0 bridgehead atoms. The molecule has 1 aromatic carbocycles. The van der Waals surface area contributed by atoms with Gasteiger partial charge in [0, 0.05) is 13.1 Å². The number of carbonyl (C=O) groups is 1. The number of benzene rings is 1. The molecule has 0 radical (unpaired) electrons. The molecule has 1 atom stereocenters. The molecule has 0 saturated carbocycles. The predicted molar refractivity (Wildman–Crippen MR) is 90.7 cm³/mol. The van der Waals surface area contributed by atoms with Gasteiger partial charge in [0.15, 0.2) is 0 Å². The second kappa shape index (κ2) is 9.34. The van der Waals surface area contributed by atoms with Crippen LogP contribution in [0.1, 0.15) is 47.0 Å². The second-order valence-corrected chi connectivity index (χ2v) is 6.03. The summed E-state index contributed by atoms with van der Waals surface area (Å²) in [6.45, 7) is 9.26. The smallest absolute Gasteiger partial charge is 0.308 e. The first-order valence-corrected chi connectivity index (χ1v) is 8.19. The lowest BCUT2D eigenvalue weighted by atomic mass is 10.1. The SMILES string of the molecule is CCCCCN(CC(C)C(=O)O)c1ccccc1OC(C)C. The van der Waals surface area contributed by atoms with Crippen LogP contribution in [-0.4, -0.2) is 30.3 Å². The van der Waals surface area contributed by atoms with Crippen molar-refractivity contribution in [3.8, 4) is 5.75 Å². The molecule has 0 aromatic heterocycles. The van der Waals surface area contributed by atoms with E-state index < -0.39 is 11.9 Å². The Morgan fingerprint density at radius 1 is 1.23 bits per heavy atom. The van der Waals surface area contributed by atoms with Gasteiger partial charge in [-0.15, -0.1) is 0 Å². The third kappa shape index (κ3) is 5.96. The first-order valence-electron chi connectivity index (χ1n) is 8.19. The summed E-state index contributed by atoms with van der Waals surface area (Å²) in [7, 11) is 0. The summed E-state index contributed by atoms with van der Waals surface area (Å²) in [4.78, 5) is 13.3. The van der Waals surface area contributed by atoms with Gasteiger partial charge in [-0.2, -0.15) is 0 Å². The molecular weight excluding hydrogens is 278 g/mol. The lowest BCUT2D eigenvalue weighted by Gasteiger charge is -2.29. The Balaban J connectivity index is 2.95. The zero-order valence-corrected chi connectivity index (χ0v) is 14.2. The Kier molecular flexibility index (Phi) is 7.78. The quantitative estimate of drug-likeness (QED) is 0.658. The second-order valence-electron chi connectivity index (χ2n) is 6.03. The number of ether oxygens (including phenoxy) is 1. The van der Waals surface area contributed by atoms with Crippen molar-refractivity contribution in [1.82, 2.24) is 0 Å². The molecule has 0 aliphatic carbocycles. The van der Waals surface area contributed by atoms with Gasteiger partial charge < -0.3 is 14.7 Å². The van der Waals surface area contributed by atoms with Gasteiger partial charge >= 0.3 is 5.97 Å². The molecule has 124 valence electrons. The fourth-order valence-electron chi connectivity index (χ4n) is 2.34. The van der Waals surface area contributed by atoms with E-state index in [1.165, 1.54) is 0 Å². The summed E-state index contributed by atoms with van der Waals surface area (Å²) in [5.41, 5.74) is 0.986. The summed E-state index contributed by atoms with van der Waals surface area (Å²) in [5.74, 6) is -0.344. The van der Waals surface area contributed by atoms with Crippen LogP contribution in [0.5, 0.6) is 5.75 Å². The Morgan fingerprint density at radius 2 is 1.91 bits per heavy atom. The molecule has 1 rings (SSSR count). The van der Waals surface area contributed by atoms with E-state index in [2.05, 4.69) is 11.8 Å². The van der Waals surface area contributed by atoms with Gasteiger partial charge in [-0.3, -0.25) is 4.79 Å². The molecular formula is C18H29NO3. The number of nitrogens with zero attached hydrogens (tertiary/aromatic N) is 1. The van der Waals surface area contributed by atoms with Gasteiger partial charge in [-0.25, -0.2) is 0 Å². The van der Waals surface area contributed by atoms with Gasteiger partial charge in [0.05, 0.1) is 17.7 Å². The number of rotatable bonds is 10. The fourth-order valence-corrected chi connectivity index (χ4v) is 2.34. The van der Waals surface area contributed by atoms with Crippen LogP contribution in [0.25, 0.3) is 0 Å². The molecule has 4 nitrogen and oxygen atoms in total. The van der Waals surface area contributed by atoms with Crippen molar-refractivity contribution in [3.63, 3.8) is 0 Å². The van der Waals surface area contributed by atoms with Gasteiger partial charge in [-0.05, 0) is 32.4 Å². The van der Waals surface area contributed by atoms with Crippen molar-refractivity contribution < 1.29 is 14.6 Å². The number of hydrogen-bond donors (Lipinski definition) is 1. The molecule has 0 fully saturated rings. The first kappa shape index (κ1) is 18.3. The van der Waals surface area contributed by atoms with E-state index in [1.807, 2.05) is 38.1 Å². The zero-order valence-electron chi connectivity index (χ0n) is 14.2. The number of carboxylic acid groups (broad SMARTS) is 1. The maximum Gasteiger partial charge on any atom is 0.308 e. The standard InChI is InChI=1S/C18H29NO3/c1-5-6-9-12-19(13-15(4)18(20)21)16-10-7-8-11-17(16)22-14(2)3/h7-8,10-11,14-15H,5-6,9,12-13H2,1-4H3,(H,20,21). The van der Waals surface area contributed by atoms with Crippen molar-refractivity contribution in [2.75, 3.05) is 18.0 Å². The zero-order chi connectivity index (χ0) is 16.5. The number of carboxylic acids is 1. The van der Waals surface area contributed by atoms with Crippen LogP contribution in [0, 0.1) is 5.92 Å². The normalized spacial score (nSPS) is 12.2. The van der Waals surface area contributed by atoms with Crippen LogP contribution < -0.4 is 9.64 Å². The lowest BCUT2D eigenvalue weighted by molar-refractivity contribution is -0.140. The van der Waals surface area contributed by atoms with Crippen molar-refractivity contribution in [3.05, 3.63) is 24.3 Å². The van der Waals surface area contributed by atoms with E-state index in [9.17, 15) is 9.90 Å². The Hall–Kier alpha value is -1.71. The molecule has 0 saturated heterocycles. The van der Waals surface area contributed by atoms with E-state index in [1.54, 1.807) is 6.92 Å². The molecule has 1 N–H and O–H groups in total. The minimum atomic E-state index is -0.761. The number of para-hydroxylation sites is 2. The number of hydrogen-bond acceptors (Lipinski definition) is 3. The highest BCUT2D eigenvalue weighted by molar-refractivity contribution is 5.71. The Bertz CT molecular complexity index is 459. The van der Waals surface area contributed by atoms with Gasteiger partial charge in [0.25, 0.3) is 0 Å². The summed E-state index contributed by atoms with van der Waals surface area (Å²) in [5, 5.41) is 9.21. The highest BCUT2D eigenvalue weighted by Crippen LogP contribution is 2.30. The van der Waals surface area contributed by atoms with E-state index >= 15 is 0 Å². The molecule has 1 aromatic rings. The number of aliphatic carboxylic acids is 1. The molecule has 22 heavy (non-hydrogen) atoms. The van der Waals surface area contributed by atoms with E-state index in [-0.39, 0.29) is 6.10 Å². The molecule has 4 heteroatoms. The molecule has 0 aliphatic rings. The Morgan fingerprint density at radius 3 is 2.50 bits per heavy atom. The maximum atomic E-state index is 11.2. The van der Waals surface area contributed by atoms with E-state index in [0.717, 1.165) is 37.2 Å². The number of unbranched alkanes of at least 4 members (excludes halogenated alkanes) is 2. The summed E-state index contributed by atoms with van der Waals surface area (Å²) >= 11 is 0. The molecule has 1 unspecified atom stereocenters. The van der Waals surface area contributed by atoms with Crippen LogP contribution in [0.15, 0.2) is 24.3 Å². The van der Waals surface area contributed by atoms with E-state index in [0.29, 0.717) is 6.54 Å². The van der Waals surface area contributed by atoms with Crippen LogP contribution in [-0.2, 0) is 4.79 Å². The van der Waals surface area contributed by atoms with Crippen LogP contribution >= 0.6 is 0 Å². The molecule has 0 heterocycles. The van der Waals surface area contributed by atoms with Gasteiger partial charge in [0.2, 0.25) is 0 Å². The van der Waals surface area contributed by atoms with Gasteiger partial charge in [0.1, 0.15) is 5.75 Å². The third-order valence-electron chi connectivity index (χ3n) is 3.52. The Labute approximate surface area is 134 Å². The van der Waals surface area contributed by atoms with Gasteiger partial charge in [-0.1, -0.05) is 38.8 Å². The van der Waals surface area contributed by atoms with Crippen molar-refractivity contribution in [2.24, 2.45) is 5.92 Å². The fraction of sp³-hybridized carbons (Fsp3) is 0.611. The molecule has 0 amide bonds. The monoisotopic (exact) mass is 307 g/mol. The maximum absolute atomic E-state index is 11.2. The highest BCUT2D eigenvalue weighted by atomic mass is 16.5. The summed E-state index contributed by atoms with van der Waals surface area (Å²) in [6, 6.07) is 7.89. The van der Waals surface area contributed by atoms with Crippen molar-refractivity contribution >= 4 is 11.7 Å². The van der Waals surface area contributed by atoms with Crippen molar-refractivity contribution in [2.45, 2.75) is 53.1 Å². The average Bonchev–Trinajstić information content (AvgIpc) is 2.46. The largest absolute Gasteiger partial charge is 0.489 e. The minimum absolute atomic E-state index is 0.0931. The lowest BCUT2D eigenvalue weighted by Crippen LogP contribution is -2.33. The topological polar surface area (TPSA) is 49.8 Å². The molecule has 0 spiro atoms. The summed E-state index contributed by atoms with van der Waals surface area (Å²) < 4.78 is 5.89. The van der Waals surface area contributed by atoms with Crippen LogP contribution in [0.3, 0.4) is 0 Å². The van der Waals surface area contributed by atoms with E-state index in [4.69, 9.17) is 4.74 Å². The molecule has 0 aliphatic heterocycles. The minimum Gasteiger partial charge on any atom is -0.489 e. The van der Waals surface area contributed by atoms with Crippen molar-refractivity contribution in [1.29, 1.82) is 0 Å². The van der Waals surface area contributed by atoms with Crippen LogP contribution in [0.2, 0.25) is 0 Å². The highest BCUT2D eigenvalue weighted by Gasteiger charge is 2.19. The first-order chi connectivity index (χ1) is 10.5. The summed E-state index contributed by atoms with van der Waals surface area (Å²) in [6.07, 6.45) is 3.44. The average molecular weight is 307 g/mol. The van der Waals surface area contributed by atoms with Crippen LogP contribution in [0.4, 0.5) is 5.69 Å². The predicted octanol–water partition coefficient (Wildman–Crippen LogP) is 4.19. The number of anilines is 1. The third-order valence-corrected chi connectivity index (χ3v) is 3.52.